The Balaban J connectivity index is 2.31. The van der Waals surface area contributed by atoms with E-state index >= 15 is 0 Å². The highest BCUT2D eigenvalue weighted by Gasteiger charge is 2.12. The summed E-state index contributed by atoms with van der Waals surface area (Å²) in [6.07, 6.45) is 0. The van der Waals surface area contributed by atoms with E-state index in [9.17, 15) is 4.79 Å². The summed E-state index contributed by atoms with van der Waals surface area (Å²) in [5.41, 5.74) is 9.31. The van der Waals surface area contributed by atoms with Gasteiger partial charge in [0.15, 0.2) is 0 Å². The molecule has 0 bridgehead atoms. The highest BCUT2D eigenvalue weighted by molar-refractivity contribution is 6.35. The molecule has 0 aliphatic rings. The Hall–Kier alpha value is -2.00. The SMILES string of the molecule is Cc1ccc(N)cc1NC(=O)c1cccc(C)c1Cl. The minimum absolute atomic E-state index is 0.234. The molecule has 0 saturated heterocycles. The molecule has 3 nitrogen and oxygen atoms in total. The van der Waals surface area contributed by atoms with E-state index in [0.717, 1.165) is 11.1 Å². The standard InChI is InChI=1S/C15H15ClN2O/c1-9-6-7-11(17)8-13(9)18-15(19)12-5-3-4-10(2)14(12)16/h3-8H,17H2,1-2H3,(H,18,19). The van der Waals surface area contributed by atoms with Gasteiger partial charge in [0.25, 0.3) is 5.91 Å². The normalized spacial score (nSPS) is 10.3. The Morgan fingerprint density at radius 3 is 2.63 bits per heavy atom. The number of rotatable bonds is 2. The number of nitrogens with one attached hydrogen (secondary N) is 1. The number of hydrogen-bond acceptors (Lipinski definition) is 2. The molecule has 0 unspecified atom stereocenters. The Bertz CT molecular complexity index is 638. The first-order chi connectivity index (χ1) is 8.99. The molecule has 0 saturated carbocycles. The second-order valence-corrected chi connectivity index (χ2v) is 4.84. The molecule has 0 radical (unpaired) electrons. The Morgan fingerprint density at radius 2 is 1.89 bits per heavy atom. The molecule has 98 valence electrons. The van der Waals surface area contributed by atoms with Gasteiger partial charge < -0.3 is 11.1 Å². The second kappa shape index (κ2) is 5.33. The third kappa shape index (κ3) is 2.88. The van der Waals surface area contributed by atoms with E-state index in [2.05, 4.69) is 5.32 Å². The number of benzene rings is 2. The molecule has 0 aliphatic carbocycles. The summed E-state index contributed by atoms with van der Waals surface area (Å²) in [6, 6.07) is 10.8. The van der Waals surface area contributed by atoms with Gasteiger partial charge in [0, 0.05) is 11.4 Å². The van der Waals surface area contributed by atoms with Crippen LogP contribution in [0.2, 0.25) is 5.02 Å². The maximum atomic E-state index is 12.2. The maximum absolute atomic E-state index is 12.2. The topological polar surface area (TPSA) is 55.1 Å². The molecular weight excluding hydrogens is 260 g/mol. The predicted octanol–water partition coefficient (Wildman–Crippen LogP) is 3.79. The number of halogens is 1. The molecule has 1 amide bonds. The molecule has 0 heterocycles. The summed E-state index contributed by atoms with van der Waals surface area (Å²) < 4.78 is 0. The van der Waals surface area contributed by atoms with Gasteiger partial charge in [-0.05, 0) is 43.2 Å². The summed E-state index contributed by atoms with van der Waals surface area (Å²) in [6.45, 7) is 3.78. The van der Waals surface area contributed by atoms with E-state index in [-0.39, 0.29) is 5.91 Å². The van der Waals surface area contributed by atoms with E-state index < -0.39 is 0 Å². The van der Waals surface area contributed by atoms with Gasteiger partial charge in [-0.1, -0.05) is 29.8 Å². The summed E-state index contributed by atoms with van der Waals surface area (Å²) in [7, 11) is 0. The van der Waals surface area contributed by atoms with Crippen molar-refractivity contribution in [3.8, 4) is 0 Å². The number of hydrogen-bond donors (Lipinski definition) is 2. The molecule has 3 N–H and O–H groups in total. The Morgan fingerprint density at radius 1 is 1.16 bits per heavy atom. The van der Waals surface area contributed by atoms with Crippen molar-refractivity contribution in [2.24, 2.45) is 0 Å². The van der Waals surface area contributed by atoms with Crippen LogP contribution in [-0.4, -0.2) is 5.91 Å². The van der Waals surface area contributed by atoms with Gasteiger partial charge in [-0.15, -0.1) is 0 Å². The molecule has 19 heavy (non-hydrogen) atoms. The van der Waals surface area contributed by atoms with Crippen LogP contribution in [0.15, 0.2) is 36.4 Å². The number of carbonyl (C=O) groups is 1. The van der Waals surface area contributed by atoms with E-state index in [4.69, 9.17) is 17.3 Å². The Kier molecular flexibility index (Phi) is 3.76. The lowest BCUT2D eigenvalue weighted by Gasteiger charge is -2.11. The minimum atomic E-state index is -0.234. The zero-order valence-corrected chi connectivity index (χ0v) is 11.6. The van der Waals surface area contributed by atoms with Crippen LogP contribution < -0.4 is 11.1 Å². The van der Waals surface area contributed by atoms with Gasteiger partial charge >= 0.3 is 0 Å². The third-order valence-electron chi connectivity index (χ3n) is 2.95. The van der Waals surface area contributed by atoms with Crippen LogP contribution in [-0.2, 0) is 0 Å². The molecule has 0 spiro atoms. The zero-order chi connectivity index (χ0) is 14.0. The second-order valence-electron chi connectivity index (χ2n) is 4.46. The number of amides is 1. The van der Waals surface area contributed by atoms with Gasteiger partial charge in [-0.2, -0.15) is 0 Å². The molecule has 2 aromatic rings. The van der Waals surface area contributed by atoms with Crippen LogP contribution in [0.1, 0.15) is 21.5 Å². The van der Waals surface area contributed by atoms with Crippen molar-refractivity contribution in [2.45, 2.75) is 13.8 Å². The molecule has 0 aliphatic heterocycles. The zero-order valence-electron chi connectivity index (χ0n) is 10.8. The van der Waals surface area contributed by atoms with Gasteiger partial charge in [0.2, 0.25) is 0 Å². The van der Waals surface area contributed by atoms with Gasteiger partial charge in [0.1, 0.15) is 0 Å². The number of nitrogens with two attached hydrogens (primary N) is 1. The first-order valence-electron chi connectivity index (χ1n) is 5.91. The van der Waals surface area contributed by atoms with Crippen molar-refractivity contribution in [3.63, 3.8) is 0 Å². The van der Waals surface area contributed by atoms with Crippen molar-refractivity contribution in [2.75, 3.05) is 11.1 Å². The molecule has 4 heteroatoms. The van der Waals surface area contributed by atoms with Crippen LogP contribution in [0.4, 0.5) is 11.4 Å². The average Bonchev–Trinajstić information content (AvgIpc) is 2.37. The first kappa shape index (κ1) is 13.4. The van der Waals surface area contributed by atoms with Crippen LogP contribution in [0.3, 0.4) is 0 Å². The van der Waals surface area contributed by atoms with Crippen molar-refractivity contribution in [1.29, 1.82) is 0 Å². The predicted molar refractivity (Wildman–Crippen MR) is 79.7 cm³/mol. The van der Waals surface area contributed by atoms with Crippen molar-refractivity contribution < 1.29 is 4.79 Å². The number of carbonyl (C=O) groups excluding carboxylic acids is 1. The number of anilines is 2. The molecule has 2 rings (SSSR count). The number of aryl methyl sites for hydroxylation is 2. The summed E-state index contributed by atoms with van der Waals surface area (Å²) in [5.74, 6) is -0.234. The number of nitrogen functional groups attached to an aromatic ring is 1. The van der Waals surface area contributed by atoms with Crippen molar-refractivity contribution in [1.82, 2.24) is 0 Å². The minimum Gasteiger partial charge on any atom is -0.399 e. The third-order valence-corrected chi connectivity index (χ3v) is 3.45. The molecule has 2 aromatic carbocycles. The van der Waals surface area contributed by atoms with Crippen LogP contribution in [0.5, 0.6) is 0 Å². The highest BCUT2D eigenvalue weighted by atomic mass is 35.5. The van der Waals surface area contributed by atoms with Crippen molar-refractivity contribution in [3.05, 3.63) is 58.1 Å². The Labute approximate surface area is 117 Å². The molecule has 0 atom stereocenters. The highest BCUT2D eigenvalue weighted by Crippen LogP contribution is 2.23. The van der Waals surface area contributed by atoms with Gasteiger partial charge in [-0.3, -0.25) is 4.79 Å². The fourth-order valence-corrected chi connectivity index (χ4v) is 2.00. The smallest absolute Gasteiger partial charge is 0.257 e. The molecular formula is C15H15ClN2O. The van der Waals surface area contributed by atoms with Crippen LogP contribution >= 0.6 is 11.6 Å². The fraction of sp³-hybridized carbons (Fsp3) is 0.133. The van der Waals surface area contributed by atoms with E-state index in [1.54, 1.807) is 18.2 Å². The van der Waals surface area contributed by atoms with E-state index in [1.807, 2.05) is 32.0 Å². The molecule has 0 aromatic heterocycles. The van der Waals surface area contributed by atoms with E-state index in [1.165, 1.54) is 0 Å². The lowest BCUT2D eigenvalue weighted by molar-refractivity contribution is 0.102. The lowest BCUT2D eigenvalue weighted by atomic mass is 10.1. The van der Waals surface area contributed by atoms with Gasteiger partial charge in [-0.25, -0.2) is 0 Å². The average molecular weight is 275 g/mol. The quantitative estimate of drug-likeness (QED) is 0.819. The molecule has 0 fully saturated rings. The summed E-state index contributed by atoms with van der Waals surface area (Å²) in [4.78, 5) is 12.2. The monoisotopic (exact) mass is 274 g/mol. The van der Waals surface area contributed by atoms with E-state index in [0.29, 0.717) is 22.0 Å². The van der Waals surface area contributed by atoms with Gasteiger partial charge in [0.05, 0.1) is 10.6 Å². The van der Waals surface area contributed by atoms with Crippen LogP contribution in [0.25, 0.3) is 0 Å². The fourth-order valence-electron chi connectivity index (χ4n) is 1.79. The largest absolute Gasteiger partial charge is 0.399 e. The maximum Gasteiger partial charge on any atom is 0.257 e. The first-order valence-corrected chi connectivity index (χ1v) is 6.29. The summed E-state index contributed by atoms with van der Waals surface area (Å²) >= 11 is 6.14. The lowest BCUT2D eigenvalue weighted by Crippen LogP contribution is -2.13. The van der Waals surface area contributed by atoms with Crippen molar-refractivity contribution >= 4 is 28.9 Å². The summed E-state index contributed by atoms with van der Waals surface area (Å²) in [5, 5.41) is 3.31. The van der Waals surface area contributed by atoms with Crippen LogP contribution in [0, 0.1) is 13.8 Å².